The van der Waals surface area contributed by atoms with Gasteiger partial charge in [-0.3, -0.25) is 9.59 Å². The average molecular weight is 691 g/mol. The number of rotatable bonds is 39. The number of esters is 2. The summed E-state index contributed by atoms with van der Waals surface area (Å²) in [6.45, 7) is 4.13. The molecule has 0 spiro atoms. The van der Waals surface area contributed by atoms with E-state index < -0.39 is 6.10 Å². The lowest BCUT2D eigenvalue weighted by Crippen LogP contribution is -2.28. The number of carbonyl (C=O) groups is 2. The van der Waals surface area contributed by atoms with Gasteiger partial charge in [0.2, 0.25) is 0 Å². The molecule has 0 aliphatic rings. The highest BCUT2D eigenvalue weighted by molar-refractivity contribution is 5.70. The van der Waals surface area contributed by atoms with E-state index in [-0.39, 0.29) is 25.2 Å². The first-order valence-electron chi connectivity index (χ1n) is 21.4. The molecule has 5 nitrogen and oxygen atoms in total. The second-order valence-electron chi connectivity index (χ2n) is 14.4. The molecule has 0 amide bonds. The van der Waals surface area contributed by atoms with Crippen molar-refractivity contribution in [3.8, 4) is 0 Å². The van der Waals surface area contributed by atoms with Gasteiger partial charge in [0.05, 0.1) is 6.61 Å². The summed E-state index contributed by atoms with van der Waals surface area (Å²) in [6, 6.07) is 0. The van der Waals surface area contributed by atoms with Crippen LogP contribution in [0.5, 0.6) is 0 Å². The number of allylic oxidation sites excluding steroid dienone is 4. The zero-order chi connectivity index (χ0) is 35.7. The summed E-state index contributed by atoms with van der Waals surface area (Å²) < 4.78 is 10.6. The monoisotopic (exact) mass is 691 g/mol. The second kappa shape index (κ2) is 40.8. The minimum atomic E-state index is -0.772. The van der Waals surface area contributed by atoms with Crippen LogP contribution < -0.4 is 0 Å². The van der Waals surface area contributed by atoms with E-state index in [9.17, 15) is 14.7 Å². The second-order valence-corrected chi connectivity index (χ2v) is 14.4. The average Bonchev–Trinajstić information content (AvgIpc) is 3.10. The summed E-state index contributed by atoms with van der Waals surface area (Å²) in [5.74, 6) is -0.594. The molecule has 0 saturated heterocycles. The van der Waals surface area contributed by atoms with Crippen LogP contribution in [0.2, 0.25) is 0 Å². The summed E-state index contributed by atoms with van der Waals surface area (Å²) in [5.41, 5.74) is 0. The Balaban J connectivity index is 3.50. The normalized spacial score (nSPS) is 12.3. The Hall–Kier alpha value is -1.62. The number of carbonyl (C=O) groups excluding carboxylic acids is 2. The van der Waals surface area contributed by atoms with Crippen LogP contribution in [0.25, 0.3) is 0 Å². The molecule has 0 bridgehead atoms. The molecule has 0 aliphatic heterocycles. The number of hydrogen-bond acceptors (Lipinski definition) is 5. The van der Waals surface area contributed by atoms with Crippen LogP contribution in [-0.2, 0) is 19.1 Å². The minimum Gasteiger partial charge on any atom is -0.462 e. The molecule has 0 aromatic carbocycles. The predicted molar refractivity (Wildman–Crippen MR) is 210 cm³/mol. The van der Waals surface area contributed by atoms with Gasteiger partial charge in [0, 0.05) is 12.8 Å². The summed E-state index contributed by atoms with van der Waals surface area (Å²) >= 11 is 0. The lowest BCUT2D eigenvalue weighted by atomic mass is 10.0. The molecular formula is C44H82O5. The van der Waals surface area contributed by atoms with Crippen LogP contribution >= 0.6 is 0 Å². The topological polar surface area (TPSA) is 72.8 Å². The molecule has 0 fully saturated rings. The lowest BCUT2D eigenvalue weighted by Gasteiger charge is -2.15. The van der Waals surface area contributed by atoms with E-state index in [4.69, 9.17) is 9.47 Å². The fourth-order valence-electron chi connectivity index (χ4n) is 6.19. The molecule has 1 atom stereocenters. The molecule has 0 unspecified atom stereocenters. The molecule has 0 aromatic heterocycles. The van der Waals surface area contributed by atoms with Crippen LogP contribution in [0.4, 0.5) is 0 Å². The maximum absolute atomic E-state index is 12.2. The van der Waals surface area contributed by atoms with Crippen molar-refractivity contribution >= 4 is 11.9 Å². The van der Waals surface area contributed by atoms with Gasteiger partial charge in [0.15, 0.2) is 6.10 Å². The molecule has 0 heterocycles. The van der Waals surface area contributed by atoms with Crippen molar-refractivity contribution in [2.24, 2.45) is 0 Å². The van der Waals surface area contributed by atoms with Crippen molar-refractivity contribution in [2.75, 3.05) is 13.2 Å². The molecule has 49 heavy (non-hydrogen) atoms. The van der Waals surface area contributed by atoms with E-state index >= 15 is 0 Å². The van der Waals surface area contributed by atoms with Gasteiger partial charge < -0.3 is 14.6 Å². The molecule has 0 radical (unpaired) electrons. The smallest absolute Gasteiger partial charge is 0.306 e. The number of unbranched alkanes of at least 4 members (excludes halogenated alkanes) is 27. The van der Waals surface area contributed by atoms with Crippen LogP contribution in [0.3, 0.4) is 0 Å². The van der Waals surface area contributed by atoms with Crippen molar-refractivity contribution in [1.29, 1.82) is 0 Å². The third-order valence-electron chi connectivity index (χ3n) is 9.47. The maximum atomic E-state index is 12.2. The first-order valence-corrected chi connectivity index (χ1v) is 21.4. The van der Waals surface area contributed by atoms with Crippen LogP contribution in [0, 0.1) is 0 Å². The molecule has 0 rings (SSSR count). The summed E-state index contributed by atoms with van der Waals surface area (Å²) in [5, 5.41) is 9.56. The highest BCUT2D eigenvalue weighted by atomic mass is 16.6. The van der Waals surface area contributed by atoms with E-state index in [1.54, 1.807) is 0 Å². The minimum absolute atomic E-state index is 0.0662. The predicted octanol–water partition coefficient (Wildman–Crippen LogP) is 13.5. The van der Waals surface area contributed by atoms with Crippen LogP contribution in [0.15, 0.2) is 24.3 Å². The molecular weight excluding hydrogens is 608 g/mol. The van der Waals surface area contributed by atoms with Crippen molar-refractivity contribution in [2.45, 2.75) is 232 Å². The standard InChI is InChI=1S/C44H82O5/c1-3-5-7-9-11-13-15-17-19-20-21-22-23-24-25-27-28-30-32-34-36-38-43(46)48-41-42(40-45)49-44(47)39-37-35-33-31-29-26-18-16-14-12-10-8-6-4-2/h16-19,42,45H,3-15,20-41H2,1-2H3/b18-16+,19-17+/t42-/m0/s1. The van der Waals surface area contributed by atoms with Gasteiger partial charge in [-0.2, -0.15) is 0 Å². The molecule has 5 heteroatoms. The molecule has 1 N–H and O–H groups in total. The Bertz CT molecular complexity index is 746. The highest BCUT2D eigenvalue weighted by Gasteiger charge is 2.16. The summed E-state index contributed by atoms with van der Waals surface area (Å²) in [6.07, 6.45) is 48.2. The Labute approximate surface area is 304 Å². The number of ether oxygens (including phenoxy) is 2. The van der Waals surface area contributed by atoms with Crippen molar-refractivity contribution in [3.63, 3.8) is 0 Å². The molecule has 288 valence electrons. The van der Waals surface area contributed by atoms with E-state index in [0.29, 0.717) is 12.8 Å². The van der Waals surface area contributed by atoms with Gasteiger partial charge in [-0.15, -0.1) is 0 Å². The van der Waals surface area contributed by atoms with Gasteiger partial charge in [-0.25, -0.2) is 0 Å². The van der Waals surface area contributed by atoms with E-state index in [1.165, 1.54) is 154 Å². The summed E-state index contributed by atoms with van der Waals surface area (Å²) in [4.78, 5) is 24.3. The lowest BCUT2D eigenvalue weighted by molar-refractivity contribution is -0.161. The summed E-state index contributed by atoms with van der Waals surface area (Å²) in [7, 11) is 0. The Morgan fingerprint density at radius 2 is 0.755 bits per heavy atom. The van der Waals surface area contributed by atoms with Crippen LogP contribution in [-0.4, -0.2) is 36.4 Å². The fourth-order valence-corrected chi connectivity index (χ4v) is 6.19. The van der Waals surface area contributed by atoms with Gasteiger partial charge in [-0.05, 0) is 64.2 Å². The van der Waals surface area contributed by atoms with E-state index in [0.717, 1.165) is 44.9 Å². The van der Waals surface area contributed by atoms with Gasteiger partial charge in [-0.1, -0.05) is 173 Å². The molecule has 0 aromatic rings. The Morgan fingerprint density at radius 1 is 0.449 bits per heavy atom. The van der Waals surface area contributed by atoms with Gasteiger partial charge in [0.1, 0.15) is 6.61 Å². The van der Waals surface area contributed by atoms with Gasteiger partial charge >= 0.3 is 11.9 Å². The van der Waals surface area contributed by atoms with Crippen molar-refractivity contribution in [1.82, 2.24) is 0 Å². The molecule has 0 aliphatic carbocycles. The van der Waals surface area contributed by atoms with E-state index in [1.807, 2.05) is 0 Å². The first-order chi connectivity index (χ1) is 24.1. The third kappa shape index (κ3) is 39.0. The molecule has 0 saturated carbocycles. The van der Waals surface area contributed by atoms with Gasteiger partial charge in [0.25, 0.3) is 0 Å². The zero-order valence-corrected chi connectivity index (χ0v) is 32.7. The SMILES string of the molecule is CCCCCCC/C=C/CCCCCCCC(=O)O[C@@H](CO)COC(=O)CCCCCCCCCCCCC/C=C/CCCCCCCC. The van der Waals surface area contributed by atoms with Crippen LogP contribution in [0.1, 0.15) is 226 Å². The third-order valence-corrected chi connectivity index (χ3v) is 9.47. The van der Waals surface area contributed by atoms with Crippen molar-refractivity contribution in [3.05, 3.63) is 24.3 Å². The largest absolute Gasteiger partial charge is 0.462 e. The maximum Gasteiger partial charge on any atom is 0.306 e. The fraction of sp³-hybridized carbons (Fsp3) is 0.864. The zero-order valence-electron chi connectivity index (χ0n) is 32.7. The highest BCUT2D eigenvalue weighted by Crippen LogP contribution is 2.14. The number of aliphatic hydroxyl groups is 1. The first kappa shape index (κ1) is 47.4. The van der Waals surface area contributed by atoms with Crippen molar-refractivity contribution < 1.29 is 24.2 Å². The number of hydrogen-bond donors (Lipinski definition) is 1. The quantitative estimate of drug-likeness (QED) is 0.0395. The Morgan fingerprint density at radius 3 is 1.10 bits per heavy atom. The van der Waals surface area contributed by atoms with E-state index in [2.05, 4.69) is 38.2 Å². The number of aliphatic hydroxyl groups excluding tert-OH is 1. The Kier molecular flexibility index (Phi) is 39.5.